The molecule has 3 heteroatoms. The predicted octanol–water partition coefficient (Wildman–Crippen LogP) is 4.57. The zero-order valence-electron chi connectivity index (χ0n) is 12.6. The van der Waals surface area contributed by atoms with Gasteiger partial charge in [0.05, 0.1) is 0 Å². The van der Waals surface area contributed by atoms with E-state index < -0.39 is 0 Å². The van der Waals surface area contributed by atoms with E-state index in [1.807, 2.05) is 60.7 Å². The second-order valence-corrected chi connectivity index (χ2v) is 5.65. The molecule has 0 fully saturated rings. The summed E-state index contributed by atoms with van der Waals surface area (Å²) in [5.74, 6) is 0.872. The molecular formula is C20H17NOS. The van der Waals surface area contributed by atoms with Crippen LogP contribution in [0.25, 0.3) is 11.1 Å². The van der Waals surface area contributed by atoms with Crippen LogP contribution in [0.5, 0.6) is 5.75 Å². The van der Waals surface area contributed by atoms with Gasteiger partial charge in [0.2, 0.25) is 0 Å². The average Bonchev–Trinajstić information content (AvgIpc) is 2.61. The Hall–Kier alpha value is -2.65. The van der Waals surface area contributed by atoms with Crippen molar-refractivity contribution in [2.45, 2.75) is 6.61 Å². The molecule has 3 aromatic carbocycles. The molecule has 0 atom stereocenters. The second-order valence-electron chi connectivity index (χ2n) is 5.21. The summed E-state index contributed by atoms with van der Waals surface area (Å²) < 4.78 is 6.01. The van der Waals surface area contributed by atoms with Gasteiger partial charge in [-0.3, -0.25) is 0 Å². The number of para-hydroxylation sites is 1. The van der Waals surface area contributed by atoms with Crippen LogP contribution in [-0.4, -0.2) is 4.99 Å². The van der Waals surface area contributed by atoms with Gasteiger partial charge in [-0.15, -0.1) is 0 Å². The van der Waals surface area contributed by atoms with Gasteiger partial charge in [0.1, 0.15) is 17.3 Å². The van der Waals surface area contributed by atoms with Gasteiger partial charge in [-0.25, -0.2) is 0 Å². The normalized spacial score (nSPS) is 10.3. The summed E-state index contributed by atoms with van der Waals surface area (Å²) in [6.45, 7) is 0.501. The average molecular weight is 319 g/mol. The van der Waals surface area contributed by atoms with Crippen LogP contribution in [0.1, 0.15) is 11.1 Å². The Kier molecular flexibility index (Phi) is 4.69. The van der Waals surface area contributed by atoms with E-state index in [0.717, 1.165) is 28.0 Å². The molecule has 0 saturated heterocycles. The molecule has 114 valence electrons. The van der Waals surface area contributed by atoms with E-state index in [-0.39, 0.29) is 0 Å². The van der Waals surface area contributed by atoms with E-state index in [1.54, 1.807) is 0 Å². The van der Waals surface area contributed by atoms with E-state index >= 15 is 0 Å². The van der Waals surface area contributed by atoms with Crippen LogP contribution in [-0.2, 0) is 6.61 Å². The van der Waals surface area contributed by atoms with Crippen LogP contribution in [0, 0.1) is 0 Å². The minimum atomic E-state index is 0.409. The number of rotatable bonds is 5. The van der Waals surface area contributed by atoms with Crippen LogP contribution >= 0.6 is 12.2 Å². The first-order valence-corrected chi connectivity index (χ1v) is 7.81. The largest absolute Gasteiger partial charge is 0.488 e. The lowest BCUT2D eigenvalue weighted by molar-refractivity contribution is 0.307. The monoisotopic (exact) mass is 319 g/mol. The number of nitrogens with two attached hydrogens (primary N) is 1. The molecule has 3 aromatic rings. The first-order chi connectivity index (χ1) is 11.2. The minimum absolute atomic E-state index is 0.409. The topological polar surface area (TPSA) is 35.2 Å². The second kappa shape index (κ2) is 7.07. The number of benzene rings is 3. The molecule has 2 nitrogen and oxygen atoms in total. The SMILES string of the molecule is NC(=S)c1ccc(COc2ccccc2-c2ccccc2)cc1. The van der Waals surface area contributed by atoms with Crippen molar-refractivity contribution in [1.29, 1.82) is 0 Å². The van der Waals surface area contributed by atoms with E-state index in [0.29, 0.717) is 11.6 Å². The van der Waals surface area contributed by atoms with Crippen molar-refractivity contribution in [2.24, 2.45) is 5.73 Å². The highest BCUT2D eigenvalue weighted by molar-refractivity contribution is 7.80. The summed E-state index contributed by atoms with van der Waals surface area (Å²) in [7, 11) is 0. The summed E-state index contributed by atoms with van der Waals surface area (Å²) in [5, 5.41) is 0. The molecule has 23 heavy (non-hydrogen) atoms. The number of ether oxygens (including phenoxy) is 1. The molecule has 0 aliphatic rings. The fourth-order valence-electron chi connectivity index (χ4n) is 2.38. The highest BCUT2D eigenvalue weighted by atomic mass is 32.1. The van der Waals surface area contributed by atoms with E-state index in [4.69, 9.17) is 22.7 Å². The number of hydrogen-bond donors (Lipinski definition) is 1. The molecule has 0 amide bonds. The van der Waals surface area contributed by atoms with Crippen LogP contribution < -0.4 is 10.5 Å². The van der Waals surface area contributed by atoms with Gasteiger partial charge >= 0.3 is 0 Å². The Morgan fingerprint density at radius 2 is 1.48 bits per heavy atom. The van der Waals surface area contributed by atoms with Crippen LogP contribution in [0.4, 0.5) is 0 Å². The van der Waals surface area contributed by atoms with Crippen LogP contribution in [0.2, 0.25) is 0 Å². The Morgan fingerprint density at radius 1 is 0.826 bits per heavy atom. The molecule has 3 rings (SSSR count). The maximum atomic E-state index is 6.01. The van der Waals surface area contributed by atoms with Crippen LogP contribution in [0.3, 0.4) is 0 Å². The molecule has 0 radical (unpaired) electrons. The molecule has 0 bridgehead atoms. The Morgan fingerprint density at radius 3 is 2.17 bits per heavy atom. The highest BCUT2D eigenvalue weighted by Gasteiger charge is 2.05. The zero-order chi connectivity index (χ0) is 16.1. The number of thiocarbonyl (C=S) groups is 1. The molecule has 0 aromatic heterocycles. The van der Waals surface area contributed by atoms with Crippen LogP contribution in [0.15, 0.2) is 78.9 Å². The van der Waals surface area contributed by atoms with Crippen molar-refractivity contribution >= 4 is 17.2 Å². The molecule has 0 unspecified atom stereocenters. The van der Waals surface area contributed by atoms with Crippen molar-refractivity contribution in [2.75, 3.05) is 0 Å². The number of hydrogen-bond acceptors (Lipinski definition) is 2. The van der Waals surface area contributed by atoms with Gasteiger partial charge in [-0.1, -0.05) is 85.0 Å². The van der Waals surface area contributed by atoms with Crippen molar-refractivity contribution < 1.29 is 4.74 Å². The summed E-state index contributed by atoms with van der Waals surface area (Å²) in [6.07, 6.45) is 0. The summed E-state index contributed by atoms with van der Waals surface area (Å²) in [5.41, 5.74) is 9.79. The highest BCUT2D eigenvalue weighted by Crippen LogP contribution is 2.30. The summed E-state index contributed by atoms with van der Waals surface area (Å²) in [6, 6.07) is 26.1. The van der Waals surface area contributed by atoms with Gasteiger partial charge in [-0.2, -0.15) is 0 Å². The lowest BCUT2D eigenvalue weighted by Gasteiger charge is -2.12. The molecule has 2 N–H and O–H groups in total. The lowest BCUT2D eigenvalue weighted by atomic mass is 10.0. The zero-order valence-corrected chi connectivity index (χ0v) is 13.4. The smallest absolute Gasteiger partial charge is 0.127 e. The molecule has 0 saturated carbocycles. The first kappa shape index (κ1) is 15.3. The third kappa shape index (κ3) is 3.76. The lowest BCUT2D eigenvalue weighted by Crippen LogP contribution is -2.09. The standard InChI is InChI=1S/C20H17NOS/c21-20(23)17-12-10-15(11-13-17)14-22-19-9-5-4-8-18(19)16-6-2-1-3-7-16/h1-13H,14H2,(H2,21,23). The Balaban J connectivity index is 1.77. The van der Waals surface area contributed by atoms with Crippen molar-refractivity contribution in [3.05, 3.63) is 90.0 Å². The van der Waals surface area contributed by atoms with Gasteiger partial charge in [0.15, 0.2) is 0 Å². The Bertz CT molecular complexity index is 797. The third-order valence-electron chi connectivity index (χ3n) is 3.60. The minimum Gasteiger partial charge on any atom is -0.488 e. The molecule has 0 aliphatic carbocycles. The summed E-state index contributed by atoms with van der Waals surface area (Å²) >= 11 is 4.96. The van der Waals surface area contributed by atoms with Crippen molar-refractivity contribution in [1.82, 2.24) is 0 Å². The maximum absolute atomic E-state index is 6.01. The molecule has 0 spiro atoms. The maximum Gasteiger partial charge on any atom is 0.127 e. The Labute approximate surface area is 141 Å². The van der Waals surface area contributed by atoms with E-state index in [2.05, 4.69) is 18.2 Å². The first-order valence-electron chi connectivity index (χ1n) is 7.40. The van der Waals surface area contributed by atoms with Gasteiger partial charge in [0, 0.05) is 11.1 Å². The summed E-state index contributed by atoms with van der Waals surface area (Å²) in [4.78, 5) is 0.409. The third-order valence-corrected chi connectivity index (χ3v) is 3.84. The van der Waals surface area contributed by atoms with E-state index in [9.17, 15) is 0 Å². The fourth-order valence-corrected chi connectivity index (χ4v) is 2.51. The van der Waals surface area contributed by atoms with Crippen molar-refractivity contribution in [3.8, 4) is 16.9 Å². The molecule has 0 aliphatic heterocycles. The quantitative estimate of drug-likeness (QED) is 0.700. The molecule has 0 heterocycles. The predicted molar refractivity (Wildman–Crippen MR) is 98.5 cm³/mol. The van der Waals surface area contributed by atoms with Gasteiger partial charge in [0.25, 0.3) is 0 Å². The molecular weight excluding hydrogens is 302 g/mol. The van der Waals surface area contributed by atoms with E-state index in [1.165, 1.54) is 0 Å². The fraction of sp³-hybridized carbons (Fsp3) is 0.0500. The van der Waals surface area contributed by atoms with Gasteiger partial charge < -0.3 is 10.5 Å². The van der Waals surface area contributed by atoms with Crippen molar-refractivity contribution in [3.63, 3.8) is 0 Å². The van der Waals surface area contributed by atoms with Gasteiger partial charge in [-0.05, 0) is 17.2 Å².